The molecule has 2 aliphatic rings. The van der Waals surface area contributed by atoms with E-state index >= 15 is 0 Å². The predicted octanol–water partition coefficient (Wildman–Crippen LogP) is 4.04. The summed E-state index contributed by atoms with van der Waals surface area (Å²) in [5.41, 5.74) is 0. The largest absolute Gasteiger partial charge is 0.247 e. The molecule has 0 aromatic heterocycles. The van der Waals surface area contributed by atoms with Gasteiger partial charge in [0.2, 0.25) is 0 Å². The molecule has 17 heavy (non-hydrogen) atoms. The second-order valence-corrected chi connectivity index (χ2v) is 5.92. The lowest BCUT2D eigenvalue weighted by molar-refractivity contribution is 0.0416. The minimum Gasteiger partial charge on any atom is -0.247 e. The van der Waals surface area contributed by atoms with Gasteiger partial charge in [-0.25, -0.2) is 8.78 Å². The van der Waals surface area contributed by atoms with E-state index in [0.717, 1.165) is 19.3 Å². The van der Waals surface area contributed by atoms with Gasteiger partial charge in [-0.15, -0.1) is 0 Å². The predicted molar refractivity (Wildman–Crippen MR) is 62.7 cm³/mol. The number of hydrogen-bond donors (Lipinski definition) is 0. The summed E-state index contributed by atoms with van der Waals surface area (Å²) in [6.07, 6.45) is 2.66. The lowest BCUT2D eigenvalue weighted by Gasteiger charge is -2.39. The Kier molecular flexibility index (Phi) is 4.01. The summed E-state index contributed by atoms with van der Waals surface area (Å²) in [7, 11) is 0. The normalized spacial score (nSPS) is 47.4. The van der Waals surface area contributed by atoms with Crippen LogP contribution in [0.4, 0.5) is 8.78 Å². The molecule has 0 aromatic carbocycles. The fourth-order valence-electron chi connectivity index (χ4n) is 3.55. The molecule has 0 aliphatic heterocycles. The van der Waals surface area contributed by atoms with E-state index in [4.69, 9.17) is 5.26 Å². The van der Waals surface area contributed by atoms with Crippen LogP contribution in [-0.2, 0) is 0 Å². The molecule has 0 bridgehead atoms. The minimum atomic E-state index is -1.04. The Morgan fingerprint density at radius 1 is 1.00 bits per heavy atom. The molecule has 0 radical (unpaired) electrons. The molecule has 2 aliphatic carbocycles. The molecule has 2 rings (SSSR count). The maximum Gasteiger partial charge on any atom is 0.116 e. The van der Waals surface area contributed by atoms with Crippen molar-refractivity contribution in [3.63, 3.8) is 0 Å². The van der Waals surface area contributed by atoms with E-state index in [1.54, 1.807) is 0 Å². The molecular weight excluding hydrogens is 220 g/mol. The molecule has 0 heterocycles. The molecule has 0 aromatic rings. The third-order valence-electron chi connectivity index (χ3n) is 4.67. The average Bonchev–Trinajstić information content (AvgIpc) is 2.29. The van der Waals surface area contributed by atoms with Gasteiger partial charge in [0.25, 0.3) is 0 Å². The third kappa shape index (κ3) is 2.78. The first-order valence-electron chi connectivity index (χ1n) is 6.79. The SMILES string of the molecule is CC1CCC(C2CCC(C#N)C(F)C2)C(F)C1. The number of nitrogens with zero attached hydrogens (tertiary/aromatic N) is 1. The van der Waals surface area contributed by atoms with Crippen LogP contribution in [0, 0.1) is 35.0 Å². The summed E-state index contributed by atoms with van der Waals surface area (Å²) in [6, 6.07) is 2.03. The zero-order valence-electron chi connectivity index (χ0n) is 10.4. The zero-order valence-corrected chi connectivity index (χ0v) is 10.4. The Balaban J connectivity index is 1.93. The molecule has 0 amide bonds. The van der Waals surface area contributed by atoms with Crippen molar-refractivity contribution in [2.75, 3.05) is 0 Å². The fraction of sp³-hybridized carbons (Fsp3) is 0.929. The van der Waals surface area contributed by atoms with Gasteiger partial charge in [0.1, 0.15) is 12.3 Å². The van der Waals surface area contributed by atoms with Crippen LogP contribution in [0.15, 0.2) is 0 Å². The summed E-state index contributed by atoms with van der Waals surface area (Å²) in [6.45, 7) is 2.09. The summed E-state index contributed by atoms with van der Waals surface area (Å²) >= 11 is 0. The van der Waals surface area contributed by atoms with E-state index in [0.29, 0.717) is 25.2 Å². The Labute approximate surface area is 102 Å². The summed E-state index contributed by atoms with van der Waals surface area (Å²) in [4.78, 5) is 0. The molecule has 96 valence electrons. The van der Waals surface area contributed by atoms with Gasteiger partial charge in [-0.3, -0.25) is 0 Å². The van der Waals surface area contributed by atoms with E-state index in [-0.39, 0.29) is 11.8 Å². The van der Waals surface area contributed by atoms with Crippen molar-refractivity contribution in [2.24, 2.45) is 23.7 Å². The van der Waals surface area contributed by atoms with Crippen molar-refractivity contribution >= 4 is 0 Å². The van der Waals surface area contributed by atoms with E-state index in [1.165, 1.54) is 0 Å². The Morgan fingerprint density at radius 3 is 2.35 bits per heavy atom. The van der Waals surface area contributed by atoms with E-state index in [2.05, 4.69) is 6.92 Å². The molecule has 2 saturated carbocycles. The highest BCUT2D eigenvalue weighted by atomic mass is 19.1. The highest BCUT2D eigenvalue weighted by molar-refractivity contribution is 4.96. The molecule has 6 atom stereocenters. The number of hydrogen-bond acceptors (Lipinski definition) is 1. The van der Waals surface area contributed by atoms with Crippen molar-refractivity contribution in [3.05, 3.63) is 0 Å². The van der Waals surface area contributed by atoms with Crippen LogP contribution in [-0.4, -0.2) is 12.3 Å². The molecule has 6 unspecified atom stereocenters. The summed E-state index contributed by atoms with van der Waals surface area (Å²) in [5, 5.41) is 8.78. The van der Waals surface area contributed by atoms with Crippen molar-refractivity contribution in [1.29, 1.82) is 5.26 Å². The molecule has 2 fully saturated rings. The smallest absolute Gasteiger partial charge is 0.116 e. The average molecular weight is 241 g/mol. The van der Waals surface area contributed by atoms with Crippen LogP contribution in [0.1, 0.15) is 45.4 Å². The van der Waals surface area contributed by atoms with Crippen LogP contribution in [0.3, 0.4) is 0 Å². The maximum atomic E-state index is 14.0. The number of rotatable bonds is 1. The standard InChI is InChI=1S/C14H21F2N/c1-9-2-5-12(14(16)6-9)10-3-4-11(8-17)13(15)7-10/h9-14H,2-7H2,1H3. The molecule has 0 N–H and O–H groups in total. The highest BCUT2D eigenvalue weighted by Crippen LogP contribution is 2.43. The third-order valence-corrected chi connectivity index (χ3v) is 4.67. The van der Waals surface area contributed by atoms with Gasteiger partial charge in [-0.1, -0.05) is 13.3 Å². The van der Waals surface area contributed by atoms with Gasteiger partial charge in [-0.2, -0.15) is 5.26 Å². The monoisotopic (exact) mass is 241 g/mol. The summed E-state index contributed by atoms with van der Waals surface area (Å²) < 4.78 is 27.7. The molecule has 0 spiro atoms. The van der Waals surface area contributed by atoms with Crippen LogP contribution < -0.4 is 0 Å². The quantitative estimate of drug-likeness (QED) is 0.679. The Morgan fingerprint density at radius 2 is 1.76 bits per heavy atom. The van der Waals surface area contributed by atoms with Crippen LogP contribution >= 0.6 is 0 Å². The van der Waals surface area contributed by atoms with Crippen molar-refractivity contribution in [3.8, 4) is 6.07 Å². The van der Waals surface area contributed by atoms with Gasteiger partial charge < -0.3 is 0 Å². The molecule has 1 nitrogen and oxygen atoms in total. The van der Waals surface area contributed by atoms with Crippen molar-refractivity contribution in [1.82, 2.24) is 0 Å². The number of alkyl halides is 2. The van der Waals surface area contributed by atoms with Crippen LogP contribution in [0.2, 0.25) is 0 Å². The minimum absolute atomic E-state index is 0.0455. The summed E-state index contributed by atoms with van der Waals surface area (Å²) in [5.74, 6) is 0.228. The molecule has 0 saturated heterocycles. The topological polar surface area (TPSA) is 23.8 Å². The van der Waals surface area contributed by atoms with Crippen molar-refractivity contribution < 1.29 is 8.78 Å². The van der Waals surface area contributed by atoms with E-state index < -0.39 is 18.3 Å². The number of halogens is 2. The maximum absolute atomic E-state index is 14.0. The lowest BCUT2D eigenvalue weighted by Crippen LogP contribution is -2.36. The Hall–Kier alpha value is -0.650. The lowest BCUT2D eigenvalue weighted by atomic mass is 9.68. The zero-order chi connectivity index (χ0) is 12.4. The van der Waals surface area contributed by atoms with Gasteiger partial charge in [-0.05, 0) is 49.9 Å². The van der Waals surface area contributed by atoms with Gasteiger partial charge >= 0.3 is 0 Å². The number of nitriles is 1. The fourth-order valence-corrected chi connectivity index (χ4v) is 3.55. The molecular formula is C14H21F2N. The first-order valence-corrected chi connectivity index (χ1v) is 6.79. The first kappa shape index (κ1) is 12.8. The molecule has 3 heteroatoms. The van der Waals surface area contributed by atoms with Crippen LogP contribution in [0.25, 0.3) is 0 Å². The van der Waals surface area contributed by atoms with Crippen LogP contribution in [0.5, 0.6) is 0 Å². The second-order valence-electron chi connectivity index (χ2n) is 5.92. The van der Waals surface area contributed by atoms with E-state index in [1.807, 2.05) is 6.07 Å². The van der Waals surface area contributed by atoms with E-state index in [9.17, 15) is 8.78 Å². The van der Waals surface area contributed by atoms with Crippen molar-refractivity contribution in [2.45, 2.75) is 57.8 Å². The Bertz CT molecular complexity index is 299. The van der Waals surface area contributed by atoms with Gasteiger partial charge in [0.05, 0.1) is 12.0 Å². The highest BCUT2D eigenvalue weighted by Gasteiger charge is 2.39. The van der Waals surface area contributed by atoms with Gasteiger partial charge in [0.15, 0.2) is 0 Å². The second kappa shape index (κ2) is 5.33. The first-order chi connectivity index (χ1) is 8.11. The van der Waals surface area contributed by atoms with Gasteiger partial charge in [0, 0.05) is 0 Å².